The maximum absolute atomic E-state index is 13.1. The summed E-state index contributed by atoms with van der Waals surface area (Å²) in [6, 6.07) is 21.3. The molecule has 3 amide bonds. The van der Waals surface area contributed by atoms with Crippen LogP contribution in [0.1, 0.15) is 39.0 Å². The van der Waals surface area contributed by atoms with Gasteiger partial charge in [-0.3, -0.25) is 10.1 Å². The summed E-state index contributed by atoms with van der Waals surface area (Å²) < 4.78 is 29.5. The van der Waals surface area contributed by atoms with Gasteiger partial charge in [0.2, 0.25) is 0 Å². The van der Waals surface area contributed by atoms with Crippen molar-refractivity contribution < 1.29 is 18.0 Å². The Morgan fingerprint density at radius 3 is 2.44 bits per heavy atom. The number of nitrogens with zero attached hydrogens (tertiary/aromatic N) is 3. The molecule has 3 N–H and O–H groups in total. The normalized spacial score (nSPS) is 17.2. The van der Waals surface area contributed by atoms with Crippen molar-refractivity contribution in [2.75, 3.05) is 10.6 Å². The van der Waals surface area contributed by atoms with Crippen molar-refractivity contribution in [3.05, 3.63) is 84.1 Å². The molecule has 1 aromatic heterocycles. The standard InChI is InChI=1S/C28H30N6O4S/c1-18-26(35)32-39(37,38)33(18)17-19-9-7-12-21(15-19)34-25(16-24(31-34)28(2,3)4)30-27(36)29-23-14-8-11-20-10-5-6-13-22(20)23/h5-16,18H,17H2,1-4H3,(H,32,35)(H2,29,30,36)/t18-/m1/s1. The zero-order chi connectivity index (χ0) is 27.9. The lowest BCUT2D eigenvalue weighted by atomic mass is 9.92. The van der Waals surface area contributed by atoms with Gasteiger partial charge in [-0.05, 0) is 36.1 Å². The number of aromatic nitrogens is 2. The Hall–Kier alpha value is -4.22. The first-order chi connectivity index (χ1) is 18.4. The first-order valence-corrected chi connectivity index (χ1v) is 14.0. The quantitative estimate of drug-likeness (QED) is 0.339. The summed E-state index contributed by atoms with van der Waals surface area (Å²) in [6.07, 6.45) is 0. The molecule has 4 aromatic rings. The molecule has 0 aliphatic carbocycles. The Labute approximate surface area is 227 Å². The van der Waals surface area contributed by atoms with E-state index < -0.39 is 28.2 Å². The summed E-state index contributed by atoms with van der Waals surface area (Å²) in [5.74, 6) is -0.106. The number of hydrogen-bond acceptors (Lipinski definition) is 5. The zero-order valence-corrected chi connectivity index (χ0v) is 22.9. The van der Waals surface area contributed by atoms with Crippen LogP contribution in [0.5, 0.6) is 0 Å². The number of benzene rings is 3. The van der Waals surface area contributed by atoms with Crippen molar-refractivity contribution in [3.8, 4) is 5.69 Å². The number of amides is 3. The number of carbonyl (C=O) groups is 2. The number of carbonyl (C=O) groups excluding carboxylic acids is 2. The lowest BCUT2D eigenvalue weighted by molar-refractivity contribution is -0.121. The van der Waals surface area contributed by atoms with Crippen LogP contribution in [-0.2, 0) is 27.0 Å². The van der Waals surface area contributed by atoms with E-state index in [1.165, 1.54) is 0 Å². The minimum atomic E-state index is -3.90. The number of anilines is 2. The molecular weight excluding hydrogens is 516 g/mol. The predicted molar refractivity (Wildman–Crippen MR) is 151 cm³/mol. The Morgan fingerprint density at radius 2 is 1.72 bits per heavy atom. The van der Waals surface area contributed by atoms with E-state index in [1.807, 2.05) is 80.1 Å². The molecule has 11 heteroatoms. The highest BCUT2D eigenvalue weighted by molar-refractivity contribution is 7.88. The van der Waals surface area contributed by atoms with Crippen LogP contribution in [0, 0.1) is 0 Å². The van der Waals surface area contributed by atoms with Crippen molar-refractivity contribution in [1.29, 1.82) is 0 Å². The molecule has 10 nitrogen and oxygen atoms in total. The fourth-order valence-electron chi connectivity index (χ4n) is 4.44. The molecule has 1 aliphatic heterocycles. The van der Waals surface area contributed by atoms with Gasteiger partial charge in [0.15, 0.2) is 0 Å². The highest BCUT2D eigenvalue weighted by Gasteiger charge is 2.40. The van der Waals surface area contributed by atoms with Gasteiger partial charge in [-0.25, -0.2) is 14.2 Å². The molecule has 2 heterocycles. The smallest absolute Gasteiger partial charge is 0.307 e. The lowest BCUT2D eigenvalue weighted by Gasteiger charge is -2.17. The number of fused-ring (bicyclic) bond motifs is 1. The van der Waals surface area contributed by atoms with E-state index in [9.17, 15) is 18.0 Å². The Bertz CT molecular complexity index is 1680. The Morgan fingerprint density at radius 1 is 1.00 bits per heavy atom. The summed E-state index contributed by atoms with van der Waals surface area (Å²) >= 11 is 0. The maximum Gasteiger partial charge on any atom is 0.324 e. The average molecular weight is 547 g/mol. The summed E-state index contributed by atoms with van der Waals surface area (Å²) in [6.45, 7) is 7.64. The van der Waals surface area contributed by atoms with Crippen molar-refractivity contribution in [3.63, 3.8) is 0 Å². The predicted octanol–water partition coefficient (Wildman–Crippen LogP) is 4.53. The molecule has 5 rings (SSSR count). The van der Waals surface area contributed by atoms with Crippen LogP contribution in [0.25, 0.3) is 16.5 Å². The van der Waals surface area contributed by atoms with Crippen LogP contribution in [0.15, 0.2) is 72.8 Å². The van der Waals surface area contributed by atoms with Crippen LogP contribution < -0.4 is 15.4 Å². The zero-order valence-electron chi connectivity index (χ0n) is 22.1. The second kappa shape index (κ2) is 9.83. The second-order valence-electron chi connectivity index (χ2n) is 10.5. The van der Waals surface area contributed by atoms with Gasteiger partial charge in [0.25, 0.3) is 5.91 Å². The topological polar surface area (TPSA) is 125 Å². The lowest BCUT2D eigenvalue weighted by Crippen LogP contribution is -2.33. The molecule has 1 atom stereocenters. The fourth-order valence-corrected chi connectivity index (χ4v) is 5.81. The molecular formula is C28H30N6O4S. The molecule has 0 radical (unpaired) electrons. The number of rotatable bonds is 5. The number of nitrogens with one attached hydrogen (secondary N) is 3. The number of urea groups is 1. The molecule has 0 saturated carbocycles. The van der Waals surface area contributed by atoms with E-state index in [2.05, 4.69) is 10.6 Å². The van der Waals surface area contributed by atoms with Crippen LogP contribution in [-0.4, -0.2) is 40.5 Å². The summed E-state index contributed by atoms with van der Waals surface area (Å²) in [5, 5.41) is 12.6. The van der Waals surface area contributed by atoms with E-state index in [4.69, 9.17) is 5.10 Å². The Balaban J connectivity index is 1.45. The van der Waals surface area contributed by atoms with Gasteiger partial charge in [-0.1, -0.05) is 69.3 Å². The van der Waals surface area contributed by atoms with E-state index >= 15 is 0 Å². The molecule has 0 spiro atoms. The van der Waals surface area contributed by atoms with Crippen molar-refractivity contribution in [1.82, 2.24) is 18.8 Å². The number of hydrogen-bond donors (Lipinski definition) is 3. The minimum absolute atomic E-state index is 0.00774. The van der Waals surface area contributed by atoms with Crippen molar-refractivity contribution >= 4 is 44.4 Å². The van der Waals surface area contributed by atoms with Gasteiger partial charge in [0.1, 0.15) is 11.9 Å². The average Bonchev–Trinajstić information content (AvgIpc) is 3.38. The third-order valence-electron chi connectivity index (χ3n) is 6.60. The van der Waals surface area contributed by atoms with Crippen molar-refractivity contribution in [2.24, 2.45) is 0 Å². The van der Waals surface area contributed by atoms with Gasteiger partial charge in [0, 0.05) is 23.4 Å². The molecule has 0 bridgehead atoms. The second-order valence-corrected chi connectivity index (χ2v) is 12.2. The van der Waals surface area contributed by atoms with Crippen molar-refractivity contribution in [2.45, 2.75) is 45.7 Å². The van der Waals surface area contributed by atoms with Gasteiger partial charge in [0.05, 0.1) is 17.1 Å². The van der Waals surface area contributed by atoms with Gasteiger partial charge >= 0.3 is 16.2 Å². The van der Waals surface area contributed by atoms with E-state index in [0.717, 1.165) is 20.8 Å². The van der Waals surface area contributed by atoms with Crippen LogP contribution in [0.4, 0.5) is 16.3 Å². The van der Waals surface area contributed by atoms with Gasteiger partial charge in [-0.2, -0.15) is 17.8 Å². The SMILES string of the molecule is C[C@@H]1C(=O)NS(=O)(=O)N1Cc1cccc(-n2nc(C(C)(C)C)cc2NC(=O)Nc2cccc3ccccc23)c1. The van der Waals surface area contributed by atoms with E-state index in [-0.39, 0.29) is 12.0 Å². The van der Waals surface area contributed by atoms with Gasteiger partial charge < -0.3 is 5.32 Å². The molecule has 3 aromatic carbocycles. The first-order valence-electron chi connectivity index (χ1n) is 12.5. The van der Waals surface area contributed by atoms with E-state index in [1.54, 1.807) is 29.8 Å². The molecule has 1 aliphatic rings. The van der Waals surface area contributed by atoms with E-state index in [0.29, 0.717) is 22.8 Å². The highest BCUT2D eigenvalue weighted by atomic mass is 32.2. The fraction of sp³-hybridized carbons (Fsp3) is 0.250. The first kappa shape index (κ1) is 26.4. The van der Waals surface area contributed by atoms with Crippen LogP contribution >= 0.6 is 0 Å². The maximum atomic E-state index is 13.1. The monoisotopic (exact) mass is 546 g/mol. The molecule has 0 unspecified atom stereocenters. The summed E-state index contributed by atoms with van der Waals surface area (Å²) in [4.78, 5) is 25.1. The summed E-state index contributed by atoms with van der Waals surface area (Å²) in [7, 11) is -3.90. The molecule has 39 heavy (non-hydrogen) atoms. The van der Waals surface area contributed by atoms with Gasteiger partial charge in [-0.15, -0.1) is 0 Å². The van der Waals surface area contributed by atoms with Crippen LogP contribution in [0.2, 0.25) is 0 Å². The minimum Gasteiger partial charge on any atom is -0.307 e. The third kappa shape index (κ3) is 5.36. The van der Waals surface area contributed by atoms with Crippen LogP contribution in [0.3, 0.4) is 0 Å². The molecule has 202 valence electrons. The largest absolute Gasteiger partial charge is 0.324 e. The Kier molecular flexibility index (Phi) is 6.65. The molecule has 1 saturated heterocycles. The third-order valence-corrected chi connectivity index (χ3v) is 8.12. The summed E-state index contributed by atoms with van der Waals surface area (Å²) in [5.41, 5.74) is 2.44. The highest BCUT2D eigenvalue weighted by Crippen LogP contribution is 2.28. The molecule has 1 fully saturated rings.